The van der Waals surface area contributed by atoms with Crippen LogP contribution in [0.15, 0.2) is 36.5 Å². The lowest BCUT2D eigenvalue weighted by molar-refractivity contribution is 0.0697. The molecule has 17 heavy (non-hydrogen) atoms. The van der Waals surface area contributed by atoms with Gasteiger partial charge in [0.2, 0.25) is 0 Å². The molecule has 0 amide bonds. The minimum Gasteiger partial charge on any atom is -0.478 e. The van der Waals surface area contributed by atoms with Crippen molar-refractivity contribution in [2.45, 2.75) is 0 Å². The van der Waals surface area contributed by atoms with Crippen LogP contribution in [0.5, 0.6) is 0 Å². The van der Waals surface area contributed by atoms with Crippen molar-refractivity contribution >= 4 is 29.2 Å². The van der Waals surface area contributed by atoms with Crippen molar-refractivity contribution in [1.82, 2.24) is 4.98 Å². The van der Waals surface area contributed by atoms with E-state index in [1.54, 1.807) is 24.3 Å². The summed E-state index contributed by atoms with van der Waals surface area (Å²) in [5.41, 5.74) is 0.993. The van der Waals surface area contributed by atoms with Gasteiger partial charge < -0.3 is 5.11 Å². The summed E-state index contributed by atoms with van der Waals surface area (Å²) < 4.78 is 0. The predicted molar refractivity (Wildman–Crippen MR) is 66.7 cm³/mol. The number of hydrogen-bond acceptors (Lipinski definition) is 2. The Kier molecular flexibility index (Phi) is 3.31. The molecule has 2 aromatic rings. The maximum Gasteiger partial charge on any atom is 0.337 e. The molecule has 1 aromatic carbocycles. The molecule has 2 rings (SSSR count). The minimum absolute atomic E-state index is 0.108. The van der Waals surface area contributed by atoms with E-state index < -0.39 is 5.97 Å². The third kappa shape index (κ3) is 2.40. The van der Waals surface area contributed by atoms with Gasteiger partial charge in [-0.05, 0) is 30.3 Å². The number of nitrogens with zero attached hydrogens (tertiary/aromatic N) is 1. The average molecular weight is 268 g/mol. The fourth-order valence-electron chi connectivity index (χ4n) is 1.47. The van der Waals surface area contributed by atoms with E-state index in [1.165, 1.54) is 12.3 Å². The van der Waals surface area contributed by atoms with Crippen LogP contribution < -0.4 is 0 Å². The van der Waals surface area contributed by atoms with Crippen LogP contribution in [-0.2, 0) is 0 Å². The average Bonchev–Trinajstić information content (AvgIpc) is 2.29. The first-order chi connectivity index (χ1) is 8.09. The van der Waals surface area contributed by atoms with Crippen molar-refractivity contribution in [3.8, 4) is 11.3 Å². The number of aromatic carboxylic acids is 1. The van der Waals surface area contributed by atoms with Crippen LogP contribution >= 0.6 is 23.2 Å². The van der Waals surface area contributed by atoms with Crippen LogP contribution in [0.1, 0.15) is 10.4 Å². The molecule has 0 radical (unpaired) electrons. The summed E-state index contributed by atoms with van der Waals surface area (Å²) in [6.45, 7) is 0. The summed E-state index contributed by atoms with van der Waals surface area (Å²) in [4.78, 5) is 15.1. The van der Waals surface area contributed by atoms with E-state index in [4.69, 9.17) is 28.3 Å². The van der Waals surface area contributed by atoms with Crippen molar-refractivity contribution in [3.63, 3.8) is 0 Å². The third-order valence-electron chi connectivity index (χ3n) is 2.22. The van der Waals surface area contributed by atoms with Gasteiger partial charge in [-0.25, -0.2) is 4.79 Å². The molecule has 86 valence electrons. The number of carboxylic acids is 1. The van der Waals surface area contributed by atoms with Gasteiger partial charge in [-0.1, -0.05) is 23.2 Å². The Morgan fingerprint density at radius 1 is 1.24 bits per heavy atom. The van der Waals surface area contributed by atoms with Gasteiger partial charge in [-0.2, -0.15) is 0 Å². The molecule has 3 nitrogen and oxygen atoms in total. The molecule has 1 N–H and O–H groups in total. The number of benzene rings is 1. The minimum atomic E-state index is -1.04. The SMILES string of the molecule is O=C(O)c1cccnc1-c1ccc(Cl)cc1Cl. The molecular weight excluding hydrogens is 261 g/mol. The van der Waals surface area contributed by atoms with Crippen LogP contribution in [0.4, 0.5) is 0 Å². The van der Waals surface area contributed by atoms with Gasteiger partial charge in [0.05, 0.1) is 16.3 Å². The second-order valence-corrected chi connectivity index (χ2v) is 4.17. The second kappa shape index (κ2) is 4.73. The summed E-state index contributed by atoms with van der Waals surface area (Å²) >= 11 is 11.8. The molecule has 0 unspecified atom stereocenters. The first kappa shape index (κ1) is 11.9. The molecule has 0 aliphatic carbocycles. The Balaban J connectivity index is 2.64. The number of halogens is 2. The highest BCUT2D eigenvalue weighted by molar-refractivity contribution is 6.36. The monoisotopic (exact) mass is 267 g/mol. The largest absolute Gasteiger partial charge is 0.478 e. The fraction of sp³-hybridized carbons (Fsp3) is 0. The zero-order valence-electron chi connectivity index (χ0n) is 8.52. The van der Waals surface area contributed by atoms with E-state index in [-0.39, 0.29) is 5.56 Å². The molecule has 0 saturated heterocycles. The van der Waals surface area contributed by atoms with Crippen molar-refractivity contribution in [2.24, 2.45) is 0 Å². The van der Waals surface area contributed by atoms with Gasteiger partial charge in [-0.15, -0.1) is 0 Å². The molecule has 0 aliphatic heterocycles. The van der Waals surface area contributed by atoms with E-state index in [0.717, 1.165) is 0 Å². The Morgan fingerprint density at radius 2 is 2.00 bits per heavy atom. The topological polar surface area (TPSA) is 50.2 Å². The summed E-state index contributed by atoms with van der Waals surface area (Å²) in [6, 6.07) is 7.90. The summed E-state index contributed by atoms with van der Waals surface area (Å²) in [6.07, 6.45) is 1.52. The Bertz CT molecular complexity index is 584. The Hall–Kier alpha value is -1.58. The first-order valence-electron chi connectivity index (χ1n) is 4.73. The highest BCUT2D eigenvalue weighted by Crippen LogP contribution is 2.30. The summed E-state index contributed by atoms with van der Waals surface area (Å²) in [5.74, 6) is -1.04. The molecule has 0 fully saturated rings. The Morgan fingerprint density at radius 3 is 2.65 bits per heavy atom. The van der Waals surface area contributed by atoms with Crippen molar-refractivity contribution in [3.05, 3.63) is 52.1 Å². The van der Waals surface area contributed by atoms with Crippen molar-refractivity contribution < 1.29 is 9.90 Å². The molecule has 0 saturated carbocycles. The van der Waals surface area contributed by atoms with Gasteiger partial charge in [0.15, 0.2) is 0 Å². The number of carboxylic acid groups (broad SMARTS) is 1. The van der Waals surface area contributed by atoms with Gasteiger partial charge in [0.1, 0.15) is 0 Å². The fourth-order valence-corrected chi connectivity index (χ4v) is 1.97. The number of rotatable bonds is 2. The quantitative estimate of drug-likeness (QED) is 0.902. The lowest BCUT2D eigenvalue weighted by Crippen LogP contribution is -2.01. The highest BCUT2D eigenvalue weighted by Gasteiger charge is 2.14. The van der Waals surface area contributed by atoms with E-state index in [0.29, 0.717) is 21.3 Å². The number of carbonyl (C=O) groups is 1. The van der Waals surface area contributed by atoms with E-state index in [2.05, 4.69) is 4.98 Å². The van der Waals surface area contributed by atoms with Crippen LogP contribution in [0.25, 0.3) is 11.3 Å². The van der Waals surface area contributed by atoms with E-state index in [9.17, 15) is 4.79 Å². The van der Waals surface area contributed by atoms with E-state index in [1.807, 2.05) is 0 Å². The lowest BCUT2D eigenvalue weighted by atomic mass is 10.1. The smallest absolute Gasteiger partial charge is 0.337 e. The maximum absolute atomic E-state index is 11.1. The van der Waals surface area contributed by atoms with Crippen molar-refractivity contribution in [1.29, 1.82) is 0 Å². The van der Waals surface area contributed by atoms with E-state index >= 15 is 0 Å². The summed E-state index contributed by atoms with van der Waals surface area (Å²) in [7, 11) is 0. The highest BCUT2D eigenvalue weighted by atomic mass is 35.5. The molecule has 0 aliphatic rings. The molecule has 5 heteroatoms. The van der Waals surface area contributed by atoms with Gasteiger partial charge in [-0.3, -0.25) is 4.98 Å². The van der Waals surface area contributed by atoms with Gasteiger partial charge in [0.25, 0.3) is 0 Å². The zero-order valence-corrected chi connectivity index (χ0v) is 10.0. The summed E-state index contributed by atoms with van der Waals surface area (Å²) in [5, 5.41) is 9.93. The maximum atomic E-state index is 11.1. The number of aromatic nitrogens is 1. The first-order valence-corrected chi connectivity index (χ1v) is 5.49. The second-order valence-electron chi connectivity index (χ2n) is 3.33. The van der Waals surface area contributed by atoms with Crippen molar-refractivity contribution in [2.75, 3.05) is 0 Å². The van der Waals surface area contributed by atoms with Gasteiger partial charge >= 0.3 is 5.97 Å². The molecule has 0 atom stereocenters. The van der Waals surface area contributed by atoms with Crippen LogP contribution in [0.2, 0.25) is 10.0 Å². The lowest BCUT2D eigenvalue weighted by Gasteiger charge is -2.07. The van der Waals surface area contributed by atoms with Crippen LogP contribution in [0.3, 0.4) is 0 Å². The number of hydrogen-bond donors (Lipinski definition) is 1. The number of pyridine rings is 1. The molecule has 1 heterocycles. The standard InChI is InChI=1S/C12H7Cl2NO2/c13-7-3-4-8(10(14)6-7)11-9(12(16)17)2-1-5-15-11/h1-6H,(H,16,17). The normalized spacial score (nSPS) is 10.2. The Labute approximate surface area is 108 Å². The molecule has 1 aromatic heterocycles. The van der Waals surface area contributed by atoms with Crippen LogP contribution in [-0.4, -0.2) is 16.1 Å². The molecule has 0 spiro atoms. The predicted octanol–water partition coefficient (Wildman–Crippen LogP) is 3.75. The van der Waals surface area contributed by atoms with Gasteiger partial charge in [0, 0.05) is 16.8 Å². The zero-order chi connectivity index (χ0) is 12.4. The third-order valence-corrected chi connectivity index (χ3v) is 2.77. The molecule has 0 bridgehead atoms. The molecular formula is C12H7Cl2NO2. The van der Waals surface area contributed by atoms with Crippen LogP contribution in [0, 0.1) is 0 Å².